The third kappa shape index (κ3) is 7.71. The van der Waals surface area contributed by atoms with Crippen LogP contribution in [-0.4, -0.2) is 54.6 Å². The lowest BCUT2D eigenvalue weighted by Gasteiger charge is -2.14. The monoisotopic (exact) mass is 488 g/mol. The number of para-hydroxylation sites is 1. The molecule has 0 aliphatic rings. The molecule has 8 nitrogen and oxygen atoms in total. The molecule has 1 heterocycles. The van der Waals surface area contributed by atoms with Crippen molar-refractivity contribution in [1.82, 2.24) is 25.4 Å². The Labute approximate surface area is 177 Å². The van der Waals surface area contributed by atoms with E-state index in [1.165, 1.54) is 0 Å². The second-order valence-corrected chi connectivity index (χ2v) is 5.62. The van der Waals surface area contributed by atoms with E-state index in [4.69, 9.17) is 9.47 Å². The molecule has 0 aliphatic carbocycles. The molecule has 0 spiro atoms. The molecular weight excluding hydrogens is 459 g/mol. The molecule has 27 heavy (non-hydrogen) atoms. The summed E-state index contributed by atoms with van der Waals surface area (Å²) in [5, 5.41) is 14.7. The lowest BCUT2D eigenvalue weighted by atomic mass is 10.2. The average Bonchev–Trinajstić information content (AvgIpc) is 3.13. The topological polar surface area (TPSA) is 85.6 Å². The Hall–Kier alpha value is -1.88. The minimum Gasteiger partial charge on any atom is -0.496 e. The highest BCUT2D eigenvalue weighted by Crippen LogP contribution is 2.17. The van der Waals surface area contributed by atoms with Crippen molar-refractivity contribution in [2.75, 3.05) is 33.9 Å². The summed E-state index contributed by atoms with van der Waals surface area (Å²) in [6.45, 7) is 5.38. The van der Waals surface area contributed by atoms with Crippen molar-refractivity contribution in [3.05, 3.63) is 42.0 Å². The predicted molar refractivity (Wildman–Crippen MR) is 117 cm³/mol. The number of benzene rings is 1. The maximum Gasteiger partial charge on any atom is 0.191 e. The predicted octanol–water partition coefficient (Wildman–Crippen LogP) is 1.85. The quantitative estimate of drug-likeness (QED) is 0.230. The summed E-state index contributed by atoms with van der Waals surface area (Å²) in [5.41, 5.74) is 1.04. The smallest absolute Gasteiger partial charge is 0.191 e. The fourth-order valence-corrected chi connectivity index (χ4v) is 2.48. The van der Waals surface area contributed by atoms with Gasteiger partial charge in [-0.2, -0.15) is 0 Å². The van der Waals surface area contributed by atoms with Gasteiger partial charge in [0.2, 0.25) is 0 Å². The molecule has 1 aromatic heterocycles. The molecule has 2 aromatic rings. The van der Waals surface area contributed by atoms with Gasteiger partial charge < -0.3 is 24.7 Å². The minimum atomic E-state index is 0. The molecule has 0 saturated heterocycles. The Balaban J connectivity index is 0.00000364. The SMILES string of the molecule is CCc1nncn1CCNC(=NCc1ccccc1OC)NCCOC.I. The van der Waals surface area contributed by atoms with Gasteiger partial charge in [0, 0.05) is 38.7 Å². The van der Waals surface area contributed by atoms with E-state index in [1.807, 2.05) is 28.8 Å². The zero-order valence-electron chi connectivity index (χ0n) is 16.1. The van der Waals surface area contributed by atoms with Gasteiger partial charge in [-0.3, -0.25) is 0 Å². The number of hydrogen-bond acceptors (Lipinski definition) is 5. The summed E-state index contributed by atoms with van der Waals surface area (Å²) in [5.74, 6) is 2.55. The van der Waals surface area contributed by atoms with Crippen LogP contribution in [0.4, 0.5) is 0 Å². The van der Waals surface area contributed by atoms with E-state index >= 15 is 0 Å². The molecule has 0 bridgehead atoms. The Kier molecular flexibility index (Phi) is 11.4. The Morgan fingerprint density at radius 1 is 1.19 bits per heavy atom. The van der Waals surface area contributed by atoms with Crippen LogP contribution in [0, 0.1) is 0 Å². The summed E-state index contributed by atoms with van der Waals surface area (Å²) >= 11 is 0. The number of halogens is 1. The molecule has 0 radical (unpaired) electrons. The third-order valence-electron chi connectivity index (χ3n) is 3.86. The third-order valence-corrected chi connectivity index (χ3v) is 3.86. The summed E-state index contributed by atoms with van der Waals surface area (Å²) in [7, 11) is 3.35. The molecule has 1 aromatic carbocycles. The van der Waals surface area contributed by atoms with Crippen LogP contribution >= 0.6 is 24.0 Å². The van der Waals surface area contributed by atoms with Gasteiger partial charge in [0.1, 0.15) is 17.9 Å². The summed E-state index contributed by atoms with van der Waals surface area (Å²) in [6, 6.07) is 7.89. The maximum absolute atomic E-state index is 5.38. The van der Waals surface area contributed by atoms with Gasteiger partial charge in [-0.05, 0) is 6.07 Å². The lowest BCUT2D eigenvalue weighted by molar-refractivity contribution is 0.203. The molecular formula is C18H29IN6O2. The van der Waals surface area contributed by atoms with Gasteiger partial charge in [0.15, 0.2) is 5.96 Å². The van der Waals surface area contributed by atoms with E-state index in [9.17, 15) is 0 Å². The van der Waals surface area contributed by atoms with Crippen molar-refractivity contribution in [2.24, 2.45) is 4.99 Å². The number of hydrogen-bond donors (Lipinski definition) is 2. The zero-order chi connectivity index (χ0) is 18.6. The number of aryl methyl sites for hydroxylation is 1. The molecule has 0 aliphatic heterocycles. The highest BCUT2D eigenvalue weighted by molar-refractivity contribution is 14.0. The first-order valence-electron chi connectivity index (χ1n) is 8.78. The molecule has 2 N–H and O–H groups in total. The number of nitrogens with one attached hydrogen (secondary N) is 2. The lowest BCUT2D eigenvalue weighted by Crippen LogP contribution is -2.40. The Morgan fingerprint density at radius 2 is 1.96 bits per heavy atom. The fourth-order valence-electron chi connectivity index (χ4n) is 2.48. The van der Waals surface area contributed by atoms with Crippen molar-refractivity contribution in [3.63, 3.8) is 0 Å². The number of methoxy groups -OCH3 is 2. The molecule has 0 amide bonds. The summed E-state index contributed by atoms with van der Waals surface area (Å²) in [6.07, 6.45) is 2.62. The first-order chi connectivity index (χ1) is 12.8. The Morgan fingerprint density at radius 3 is 2.70 bits per heavy atom. The van der Waals surface area contributed by atoms with Crippen LogP contribution in [-0.2, 0) is 24.2 Å². The van der Waals surface area contributed by atoms with Crippen LogP contribution < -0.4 is 15.4 Å². The maximum atomic E-state index is 5.38. The molecule has 2 rings (SSSR count). The summed E-state index contributed by atoms with van der Waals surface area (Å²) < 4.78 is 12.5. The largest absolute Gasteiger partial charge is 0.496 e. The van der Waals surface area contributed by atoms with Gasteiger partial charge in [-0.25, -0.2) is 4.99 Å². The zero-order valence-corrected chi connectivity index (χ0v) is 18.5. The van der Waals surface area contributed by atoms with E-state index in [1.54, 1.807) is 20.5 Å². The summed E-state index contributed by atoms with van der Waals surface area (Å²) in [4.78, 5) is 4.65. The molecule has 9 heteroatoms. The first-order valence-corrected chi connectivity index (χ1v) is 8.78. The number of rotatable bonds is 10. The van der Waals surface area contributed by atoms with E-state index in [-0.39, 0.29) is 24.0 Å². The molecule has 150 valence electrons. The van der Waals surface area contributed by atoms with Crippen LogP contribution in [0.25, 0.3) is 0 Å². The number of aromatic nitrogens is 3. The van der Waals surface area contributed by atoms with Crippen molar-refractivity contribution >= 4 is 29.9 Å². The van der Waals surface area contributed by atoms with Crippen LogP contribution in [0.3, 0.4) is 0 Å². The molecule has 0 atom stereocenters. The van der Waals surface area contributed by atoms with E-state index in [2.05, 4.69) is 32.7 Å². The standard InChI is InChI=1S/C18H28N6O2.HI/c1-4-17-23-22-14-24(17)11-9-19-18(20-10-12-25-2)21-13-15-7-5-6-8-16(15)26-3;/h5-8,14H,4,9-13H2,1-3H3,(H2,19,20,21);1H. The van der Waals surface area contributed by atoms with Crippen molar-refractivity contribution in [2.45, 2.75) is 26.4 Å². The number of guanidine groups is 1. The van der Waals surface area contributed by atoms with Gasteiger partial charge in [0.05, 0.1) is 20.3 Å². The molecule has 0 unspecified atom stereocenters. The normalized spacial score (nSPS) is 11.0. The van der Waals surface area contributed by atoms with Crippen LogP contribution in [0.5, 0.6) is 5.75 Å². The number of ether oxygens (including phenoxy) is 2. The number of nitrogens with zero attached hydrogens (tertiary/aromatic N) is 4. The second-order valence-electron chi connectivity index (χ2n) is 5.62. The van der Waals surface area contributed by atoms with Crippen molar-refractivity contribution in [3.8, 4) is 5.75 Å². The first kappa shape index (κ1) is 23.2. The van der Waals surface area contributed by atoms with Crippen LogP contribution in [0.2, 0.25) is 0 Å². The minimum absolute atomic E-state index is 0. The van der Waals surface area contributed by atoms with E-state index in [0.717, 1.165) is 42.6 Å². The molecule has 0 saturated carbocycles. The average molecular weight is 488 g/mol. The van der Waals surface area contributed by atoms with Crippen LogP contribution in [0.15, 0.2) is 35.6 Å². The van der Waals surface area contributed by atoms with Gasteiger partial charge in [-0.1, -0.05) is 25.1 Å². The second kappa shape index (κ2) is 13.3. The van der Waals surface area contributed by atoms with Crippen molar-refractivity contribution < 1.29 is 9.47 Å². The van der Waals surface area contributed by atoms with Gasteiger partial charge in [-0.15, -0.1) is 34.2 Å². The van der Waals surface area contributed by atoms with E-state index in [0.29, 0.717) is 19.7 Å². The van der Waals surface area contributed by atoms with Gasteiger partial charge >= 0.3 is 0 Å². The highest BCUT2D eigenvalue weighted by atomic mass is 127. The van der Waals surface area contributed by atoms with E-state index < -0.39 is 0 Å². The van der Waals surface area contributed by atoms with Crippen LogP contribution in [0.1, 0.15) is 18.3 Å². The fraction of sp³-hybridized carbons (Fsp3) is 0.500. The van der Waals surface area contributed by atoms with Crippen molar-refractivity contribution in [1.29, 1.82) is 0 Å². The Bertz CT molecular complexity index is 692. The highest BCUT2D eigenvalue weighted by Gasteiger charge is 2.04. The number of aliphatic imine (C=N–C) groups is 1. The molecule has 0 fully saturated rings. The van der Waals surface area contributed by atoms with Gasteiger partial charge in [0.25, 0.3) is 0 Å².